The number of carbonyl (C=O) groups excluding carboxylic acids is 3. The Morgan fingerprint density at radius 1 is 1.37 bits per heavy atom. The smallest absolute Gasteiger partial charge is 0.344 e. The van der Waals surface area contributed by atoms with Crippen molar-refractivity contribution >= 4 is 40.7 Å². The van der Waals surface area contributed by atoms with Crippen LogP contribution in [-0.4, -0.2) is 39.1 Å². The number of urea groups is 1. The van der Waals surface area contributed by atoms with E-state index in [0.29, 0.717) is 35.1 Å². The van der Waals surface area contributed by atoms with Crippen LogP contribution in [0.2, 0.25) is 0 Å². The molecule has 2 heterocycles. The number of rotatable bonds is 4. The lowest BCUT2D eigenvalue weighted by Gasteiger charge is -2.33. The molecule has 0 atom stereocenters. The molecule has 1 aromatic carbocycles. The summed E-state index contributed by atoms with van der Waals surface area (Å²) in [4.78, 5) is 41.4. The Bertz CT molecular complexity index is 871. The van der Waals surface area contributed by atoms with Gasteiger partial charge in [0, 0.05) is 0 Å². The number of hydrogen-bond donors (Lipinski definition) is 2. The molecule has 2 N–H and O–H groups in total. The van der Waals surface area contributed by atoms with Crippen molar-refractivity contribution in [3.05, 3.63) is 24.3 Å². The molecule has 1 saturated heterocycles. The highest BCUT2D eigenvalue weighted by molar-refractivity contribution is 7.99. The first-order valence-electron chi connectivity index (χ1n) is 8.91. The van der Waals surface area contributed by atoms with E-state index < -0.39 is 17.5 Å². The lowest BCUT2D eigenvalue weighted by molar-refractivity contribution is -0.139. The maximum atomic E-state index is 12.7. The molecule has 1 spiro atoms. The molecule has 0 radical (unpaired) electrons. The Hall–Kier alpha value is -2.55. The summed E-state index contributed by atoms with van der Waals surface area (Å²) in [5.74, 6) is -0.322. The average molecular weight is 388 g/mol. The minimum Gasteiger partial charge on any atom is -0.431 e. The zero-order valence-corrected chi connectivity index (χ0v) is 15.7. The van der Waals surface area contributed by atoms with E-state index >= 15 is 0 Å². The third-order valence-electron chi connectivity index (χ3n) is 5.13. The van der Waals surface area contributed by atoms with Crippen molar-refractivity contribution in [2.24, 2.45) is 5.92 Å². The lowest BCUT2D eigenvalue weighted by Crippen LogP contribution is -2.51. The number of oxazole rings is 1. The van der Waals surface area contributed by atoms with Gasteiger partial charge in [0.2, 0.25) is 5.91 Å². The van der Waals surface area contributed by atoms with E-state index in [9.17, 15) is 14.4 Å². The summed E-state index contributed by atoms with van der Waals surface area (Å²) >= 11 is 1.11. The predicted octanol–water partition coefficient (Wildman–Crippen LogP) is 2.45. The van der Waals surface area contributed by atoms with Crippen molar-refractivity contribution in [1.82, 2.24) is 20.7 Å². The fourth-order valence-corrected chi connectivity index (χ4v) is 4.14. The molecule has 1 aliphatic carbocycles. The molecule has 4 amide bonds. The molecule has 1 aromatic heterocycles. The molecule has 8 nitrogen and oxygen atoms in total. The van der Waals surface area contributed by atoms with Crippen molar-refractivity contribution in [2.45, 2.75) is 43.4 Å². The van der Waals surface area contributed by atoms with Gasteiger partial charge in [0.15, 0.2) is 5.58 Å². The number of carbonyl (C=O) groups is 3. The highest BCUT2D eigenvalue weighted by Crippen LogP contribution is 2.35. The summed E-state index contributed by atoms with van der Waals surface area (Å²) in [6, 6.07) is 6.74. The zero-order valence-electron chi connectivity index (χ0n) is 14.9. The number of para-hydroxylation sites is 2. The molecule has 142 valence electrons. The van der Waals surface area contributed by atoms with E-state index in [0.717, 1.165) is 29.6 Å². The fraction of sp³-hybridized carbons (Fsp3) is 0.444. The van der Waals surface area contributed by atoms with Crippen LogP contribution in [0.15, 0.2) is 33.9 Å². The molecule has 0 bridgehead atoms. The summed E-state index contributed by atoms with van der Waals surface area (Å²) in [5.41, 5.74) is 2.89. The number of hydrogen-bond acceptors (Lipinski definition) is 6. The van der Waals surface area contributed by atoms with Crippen LogP contribution in [0.5, 0.6) is 0 Å². The first kappa shape index (κ1) is 17.8. The molecule has 0 unspecified atom stereocenters. The first-order chi connectivity index (χ1) is 13.0. The van der Waals surface area contributed by atoms with Crippen molar-refractivity contribution in [3.8, 4) is 0 Å². The molecule has 1 aliphatic heterocycles. The van der Waals surface area contributed by atoms with Gasteiger partial charge in [-0.1, -0.05) is 30.8 Å². The minimum atomic E-state index is -0.871. The van der Waals surface area contributed by atoms with Crippen molar-refractivity contribution in [1.29, 1.82) is 0 Å². The molecule has 2 fully saturated rings. The number of amides is 4. The van der Waals surface area contributed by atoms with Crippen LogP contribution >= 0.6 is 11.8 Å². The predicted molar refractivity (Wildman–Crippen MR) is 98.6 cm³/mol. The molecule has 4 rings (SSSR count). The van der Waals surface area contributed by atoms with Gasteiger partial charge in [-0.3, -0.25) is 15.0 Å². The quantitative estimate of drug-likeness (QED) is 0.616. The van der Waals surface area contributed by atoms with Gasteiger partial charge in [0.1, 0.15) is 11.1 Å². The Balaban J connectivity index is 1.36. The second-order valence-corrected chi connectivity index (χ2v) is 8.03. The number of aromatic nitrogens is 1. The number of hydrazine groups is 1. The molecule has 9 heteroatoms. The summed E-state index contributed by atoms with van der Waals surface area (Å²) in [7, 11) is 0. The molecular weight excluding hydrogens is 368 g/mol. The van der Waals surface area contributed by atoms with Crippen LogP contribution in [0.1, 0.15) is 32.6 Å². The number of nitrogens with zero attached hydrogens (tertiary/aromatic N) is 2. The van der Waals surface area contributed by atoms with E-state index in [2.05, 4.69) is 22.7 Å². The second kappa shape index (κ2) is 6.88. The van der Waals surface area contributed by atoms with Gasteiger partial charge in [0.05, 0.1) is 5.75 Å². The van der Waals surface area contributed by atoms with Gasteiger partial charge in [-0.25, -0.2) is 9.78 Å². The highest BCUT2D eigenvalue weighted by Gasteiger charge is 2.52. The van der Waals surface area contributed by atoms with Crippen LogP contribution in [0.25, 0.3) is 11.1 Å². The number of imide groups is 1. The third-order valence-corrected chi connectivity index (χ3v) is 5.96. The standard InChI is InChI=1S/C18H20N4O4S/c1-11-6-8-18(9-7-11)15(24)22(16(25)20-18)21-14(23)10-27-17-19-12-4-2-3-5-13(12)26-17/h2-5,11H,6-10H2,1H3,(H,20,25)(H,21,23). The van der Waals surface area contributed by atoms with Crippen LogP contribution < -0.4 is 10.7 Å². The van der Waals surface area contributed by atoms with E-state index in [1.807, 2.05) is 18.2 Å². The monoisotopic (exact) mass is 388 g/mol. The van der Waals surface area contributed by atoms with Gasteiger partial charge in [-0.2, -0.15) is 5.01 Å². The molecular formula is C18H20N4O4S. The van der Waals surface area contributed by atoms with Crippen LogP contribution in [-0.2, 0) is 9.59 Å². The third kappa shape index (κ3) is 3.39. The fourth-order valence-electron chi connectivity index (χ4n) is 3.51. The first-order valence-corrected chi connectivity index (χ1v) is 9.90. The largest absolute Gasteiger partial charge is 0.431 e. The van der Waals surface area contributed by atoms with Crippen molar-refractivity contribution in [3.63, 3.8) is 0 Å². The number of fused-ring (bicyclic) bond motifs is 1. The van der Waals surface area contributed by atoms with Gasteiger partial charge < -0.3 is 9.73 Å². The summed E-state index contributed by atoms with van der Waals surface area (Å²) in [6.45, 7) is 2.14. The van der Waals surface area contributed by atoms with Gasteiger partial charge >= 0.3 is 6.03 Å². The number of nitrogens with one attached hydrogen (secondary N) is 2. The van der Waals surface area contributed by atoms with Gasteiger partial charge in [0.25, 0.3) is 11.1 Å². The minimum absolute atomic E-state index is 0.0199. The highest BCUT2D eigenvalue weighted by atomic mass is 32.2. The van der Waals surface area contributed by atoms with Crippen LogP contribution in [0, 0.1) is 5.92 Å². The van der Waals surface area contributed by atoms with E-state index in [1.165, 1.54) is 0 Å². The van der Waals surface area contributed by atoms with Crippen LogP contribution in [0.4, 0.5) is 4.79 Å². The molecule has 1 saturated carbocycles. The number of thioether (sulfide) groups is 1. The van der Waals surface area contributed by atoms with E-state index in [-0.39, 0.29) is 11.7 Å². The normalized spacial score (nSPS) is 25.2. The average Bonchev–Trinajstić information content (AvgIpc) is 3.17. The van der Waals surface area contributed by atoms with E-state index in [1.54, 1.807) is 6.07 Å². The zero-order chi connectivity index (χ0) is 19.0. The second-order valence-electron chi connectivity index (χ2n) is 7.11. The topological polar surface area (TPSA) is 105 Å². The lowest BCUT2D eigenvalue weighted by atomic mass is 9.77. The van der Waals surface area contributed by atoms with Gasteiger partial charge in [-0.05, 0) is 43.7 Å². The Labute approximate surface area is 160 Å². The summed E-state index contributed by atoms with van der Waals surface area (Å²) in [6.07, 6.45) is 2.95. The SMILES string of the molecule is CC1CCC2(CC1)NC(=O)N(NC(=O)CSc1nc3ccccc3o1)C2=O. The molecule has 2 aliphatic rings. The summed E-state index contributed by atoms with van der Waals surface area (Å²) in [5, 5.41) is 3.94. The molecule has 2 aromatic rings. The van der Waals surface area contributed by atoms with Crippen LogP contribution in [0.3, 0.4) is 0 Å². The maximum Gasteiger partial charge on any atom is 0.344 e. The molecule has 27 heavy (non-hydrogen) atoms. The summed E-state index contributed by atoms with van der Waals surface area (Å²) < 4.78 is 5.54. The van der Waals surface area contributed by atoms with Crippen molar-refractivity contribution < 1.29 is 18.8 Å². The number of benzene rings is 1. The Kier molecular flexibility index (Phi) is 4.55. The Morgan fingerprint density at radius 2 is 2.11 bits per heavy atom. The van der Waals surface area contributed by atoms with Crippen molar-refractivity contribution in [2.75, 3.05) is 5.75 Å². The van der Waals surface area contributed by atoms with Gasteiger partial charge in [-0.15, -0.1) is 0 Å². The van der Waals surface area contributed by atoms with E-state index in [4.69, 9.17) is 4.42 Å². The Morgan fingerprint density at radius 3 is 2.85 bits per heavy atom. The maximum absolute atomic E-state index is 12.7.